The molecule has 0 fully saturated rings. The molecule has 1 aromatic heterocycles. The van der Waals surface area contributed by atoms with Gasteiger partial charge in [0.05, 0.1) is 17.8 Å². The van der Waals surface area contributed by atoms with Crippen LogP contribution in [0.5, 0.6) is 5.88 Å². The van der Waals surface area contributed by atoms with Gasteiger partial charge in [0.1, 0.15) is 4.90 Å². The van der Waals surface area contributed by atoms with Crippen LogP contribution in [0.15, 0.2) is 53.6 Å². The summed E-state index contributed by atoms with van der Waals surface area (Å²) >= 11 is 6.40. The van der Waals surface area contributed by atoms with Crippen molar-refractivity contribution in [1.29, 1.82) is 0 Å². The molecule has 0 saturated carbocycles. The molecule has 0 unspecified atom stereocenters. The van der Waals surface area contributed by atoms with Crippen molar-refractivity contribution >= 4 is 33.3 Å². The van der Waals surface area contributed by atoms with Gasteiger partial charge in [-0.2, -0.15) is 0 Å². The first-order valence-electron chi connectivity index (χ1n) is 11.1. The number of anilines is 1. The fraction of sp³-hybridized carbons (Fsp3) is 0.280. The van der Waals surface area contributed by atoms with Crippen molar-refractivity contribution < 1.29 is 17.9 Å². The number of nitrogens with one attached hydrogen (secondary N) is 2. The zero-order valence-corrected chi connectivity index (χ0v) is 21.3. The average molecular weight is 515 g/mol. The lowest BCUT2D eigenvalue weighted by molar-refractivity contribution is 0.256. The zero-order chi connectivity index (χ0) is 25.2. The van der Waals surface area contributed by atoms with Gasteiger partial charge in [-0.3, -0.25) is 0 Å². The fourth-order valence-corrected chi connectivity index (χ4v) is 5.80. The number of methoxy groups -OCH3 is 1. The van der Waals surface area contributed by atoms with Gasteiger partial charge in [-0.05, 0) is 67.7 Å². The normalized spacial score (nSPS) is 12.9. The summed E-state index contributed by atoms with van der Waals surface area (Å²) in [4.78, 5) is 18.9. The van der Waals surface area contributed by atoms with Gasteiger partial charge in [-0.25, -0.2) is 22.9 Å². The average Bonchev–Trinajstić information content (AvgIpc) is 3.29. The van der Waals surface area contributed by atoms with E-state index in [1.165, 1.54) is 13.2 Å². The molecule has 10 heteroatoms. The van der Waals surface area contributed by atoms with Gasteiger partial charge in [0.25, 0.3) is 10.0 Å². The summed E-state index contributed by atoms with van der Waals surface area (Å²) in [5, 5.41) is 2.89. The van der Waals surface area contributed by atoms with Crippen LogP contribution in [0.1, 0.15) is 23.1 Å². The van der Waals surface area contributed by atoms with Gasteiger partial charge in [0.2, 0.25) is 5.88 Å². The molecular weight excluding hydrogens is 488 g/mol. The zero-order valence-electron chi connectivity index (χ0n) is 19.8. The van der Waals surface area contributed by atoms with Crippen LogP contribution >= 0.6 is 11.6 Å². The number of fused-ring (bicyclic) bond motifs is 1. The number of nitrogens with zero attached hydrogens (tertiary/aromatic N) is 2. The maximum absolute atomic E-state index is 13.1. The molecular formula is C25H27ClN4O4S. The van der Waals surface area contributed by atoms with E-state index in [2.05, 4.69) is 15.0 Å². The van der Waals surface area contributed by atoms with Gasteiger partial charge < -0.3 is 15.0 Å². The first-order chi connectivity index (χ1) is 16.7. The van der Waals surface area contributed by atoms with Crippen LogP contribution in [0.3, 0.4) is 0 Å². The number of pyridine rings is 1. The van der Waals surface area contributed by atoms with Crippen LogP contribution in [0.4, 0.5) is 10.5 Å². The van der Waals surface area contributed by atoms with Crippen molar-refractivity contribution in [3.63, 3.8) is 0 Å². The number of sulfonamides is 1. The molecule has 4 rings (SSSR count). The van der Waals surface area contributed by atoms with Crippen LogP contribution in [0, 0.1) is 0 Å². The predicted molar refractivity (Wildman–Crippen MR) is 136 cm³/mol. The van der Waals surface area contributed by atoms with Crippen molar-refractivity contribution in [2.45, 2.75) is 30.7 Å². The standard InChI is InChI=1S/C25H27ClN4O4S/c1-30(2)15-18-7-5-9-21(23(18)26)35(32,33)29-25(31)28-24-19-8-4-6-16(19)10-11-20(24)17-12-13-27-22(14-17)34-3/h5,7,9-14H,4,6,8,15H2,1-3H3,(H2,28,29,31). The van der Waals surface area contributed by atoms with Gasteiger partial charge in [0, 0.05) is 24.4 Å². The van der Waals surface area contributed by atoms with Gasteiger partial charge in [-0.15, -0.1) is 0 Å². The Kier molecular flexibility index (Phi) is 7.30. The molecule has 0 atom stereocenters. The van der Waals surface area contributed by atoms with Crippen LogP contribution in [0.2, 0.25) is 5.02 Å². The van der Waals surface area contributed by atoms with E-state index in [9.17, 15) is 13.2 Å². The Labute approximate surface area is 210 Å². The summed E-state index contributed by atoms with van der Waals surface area (Å²) in [6, 6.07) is 11.4. The lowest BCUT2D eigenvalue weighted by atomic mass is 9.98. The summed E-state index contributed by atoms with van der Waals surface area (Å²) in [7, 11) is 1.04. The number of hydrogen-bond donors (Lipinski definition) is 2. The monoisotopic (exact) mass is 514 g/mol. The number of carbonyl (C=O) groups excluding carboxylic acids is 1. The topological polar surface area (TPSA) is 101 Å². The number of urea groups is 1. The Morgan fingerprint density at radius 1 is 1.17 bits per heavy atom. The van der Waals surface area contributed by atoms with Crippen LogP contribution in [0.25, 0.3) is 11.1 Å². The molecule has 0 bridgehead atoms. The van der Waals surface area contributed by atoms with Crippen molar-refractivity contribution in [2.24, 2.45) is 0 Å². The van der Waals surface area contributed by atoms with Crippen molar-refractivity contribution in [1.82, 2.24) is 14.6 Å². The third-order valence-corrected chi connectivity index (χ3v) is 7.75. The van der Waals surface area contributed by atoms with Crippen molar-refractivity contribution in [2.75, 3.05) is 26.5 Å². The maximum atomic E-state index is 13.1. The highest BCUT2D eigenvalue weighted by atomic mass is 35.5. The molecule has 2 N–H and O–H groups in total. The van der Waals surface area contributed by atoms with E-state index in [-0.39, 0.29) is 9.92 Å². The van der Waals surface area contributed by atoms with Gasteiger partial charge >= 0.3 is 6.03 Å². The lowest BCUT2D eigenvalue weighted by Crippen LogP contribution is -2.35. The Hall–Kier alpha value is -3.14. The molecule has 2 amide bonds. The molecule has 8 nitrogen and oxygen atoms in total. The number of aromatic nitrogens is 1. The molecule has 0 spiro atoms. The highest BCUT2D eigenvalue weighted by Gasteiger charge is 2.25. The minimum Gasteiger partial charge on any atom is -0.481 e. The highest BCUT2D eigenvalue weighted by Crippen LogP contribution is 2.38. The number of hydrogen-bond acceptors (Lipinski definition) is 6. The minimum absolute atomic E-state index is 0.0895. The molecule has 1 aliphatic carbocycles. The largest absolute Gasteiger partial charge is 0.481 e. The number of carbonyl (C=O) groups is 1. The van der Waals surface area contributed by atoms with Crippen LogP contribution in [-0.2, 0) is 29.4 Å². The van der Waals surface area contributed by atoms with E-state index in [0.717, 1.165) is 41.5 Å². The summed E-state index contributed by atoms with van der Waals surface area (Å²) in [5.41, 5.74) is 4.90. The maximum Gasteiger partial charge on any atom is 0.333 e. The first-order valence-corrected chi connectivity index (χ1v) is 13.0. The Morgan fingerprint density at radius 2 is 1.97 bits per heavy atom. The smallest absolute Gasteiger partial charge is 0.333 e. The number of halogens is 1. The van der Waals surface area contributed by atoms with Crippen LogP contribution < -0.4 is 14.8 Å². The second-order valence-electron chi connectivity index (χ2n) is 8.59. The van der Waals surface area contributed by atoms with Gasteiger partial charge in [0.15, 0.2) is 0 Å². The third kappa shape index (κ3) is 5.42. The van der Waals surface area contributed by atoms with E-state index in [0.29, 0.717) is 23.7 Å². The summed E-state index contributed by atoms with van der Waals surface area (Å²) in [6.45, 7) is 0.462. The number of benzene rings is 2. The number of ether oxygens (including phenoxy) is 1. The quantitative estimate of drug-likeness (QED) is 0.482. The second-order valence-corrected chi connectivity index (χ2v) is 10.6. The van der Waals surface area contributed by atoms with Crippen molar-refractivity contribution in [3.05, 3.63) is 70.4 Å². The molecule has 0 aliphatic heterocycles. The SMILES string of the molecule is COc1cc(-c2ccc3c(c2NC(=O)NS(=O)(=O)c2cccc(CN(C)C)c2Cl)CCC3)ccn1. The Morgan fingerprint density at radius 3 is 2.71 bits per heavy atom. The number of amides is 2. The van der Waals surface area contributed by atoms with Gasteiger partial charge in [-0.1, -0.05) is 35.9 Å². The van der Waals surface area contributed by atoms with E-state index in [4.69, 9.17) is 16.3 Å². The molecule has 1 heterocycles. The Bertz CT molecular complexity index is 1380. The first kappa shape index (κ1) is 25.0. The molecule has 3 aromatic rings. The Balaban J connectivity index is 1.65. The molecule has 35 heavy (non-hydrogen) atoms. The fourth-order valence-electron chi connectivity index (χ4n) is 4.28. The summed E-state index contributed by atoms with van der Waals surface area (Å²) in [5.74, 6) is 0.438. The van der Waals surface area contributed by atoms with E-state index < -0.39 is 16.1 Å². The van der Waals surface area contributed by atoms with E-state index in [1.54, 1.807) is 24.4 Å². The summed E-state index contributed by atoms with van der Waals surface area (Å²) in [6.07, 6.45) is 4.27. The molecule has 0 saturated heterocycles. The molecule has 2 aromatic carbocycles. The lowest BCUT2D eigenvalue weighted by Gasteiger charge is -2.18. The van der Waals surface area contributed by atoms with Crippen LogP contribution in [-0.4, -0.2) is 45.5 Å². The van der Waals surface area contributed by atoms with Crippen molar-refractivity contribution in [3.8, 4) is 17.0 Å². The van der Waals surface area contributed by atoms with E-state index in [1.807, 2.05) is 37.2 Å². The van der Waals surface area contributed by atoms with E-state index >= 15 is 0 Å². The molecule has 1 aliphatic rings. The predicted octanol–water partition coefficient (Wildman–Crippen LogP) is 4.47. The minimum atomic E-state index is -4.21. The highest BCUT2D eigenvalue weighted by molar-refractivity contribution is 7.90. The summed E-state index contributed by atoms with van der Waals surface area (Å²) < 4.78 is 33.5. The number of rotatable bonds is 7. The third-order valence-electron chi connectivity index (χ3n) is 5.82. The molecule has 0 radical (unpaired) electrons. The molecule has 184 valence electrons. The number of aryl methyl sites for hydroxylation is 1. The second kappa shape index (κ2) is 10.2.